The van der Waals surface area contributed by atoms with E-state index in [2.05, 4.69) is 21.8 Å². The second-order valence-electron chi connectivity index (χ2n) is 1.94. The molecule has 0 saturated carbocycles. The summed E-state index contributed by atoms with van der Waals surface area (Å²) in [6.07, 6.45) is 1.47. The second-order valence-corrected chi connectivity index (χ2v) is 2.28. The van der Waals surface area contributed by atoms with Crippen molar-refractivity contribution in [3.05, 3.63) is 17.0 Å². The van der Waals surface area contributed by atoms with Crippen LogP contribution in [0.5, 0.6) is 0 Å². The van der Waals surface area contributed by atoms with Crippen molar-refractivity contribution in [3.8, 4) is 11.8 Å². The SMILES string of the molecule is NCC#Cc1cnc(Cl)nc1N. The van der Waals surface area contributed by atoms with Gasteiger partial charge in [0.15, 0.2) is 0 Å². The third kappa shape index (κ3) is 2.09. The van der Waals surface area contributed by atoms with Crippen LogP contribution in [0.3, 0.4) is 0 Å². The van der Waals surface area contributed by atoms with Gasteiger partial charge in [-0.25, -0.2) is 4.98 Å². The summed E-state index contributed by atoms with van der Waals surface area (Å²) in [6, 6.07) is 0. The Morgan fingerprint density at radius 3 is 2.92 bits per heavy atom. The van der Waals surface area contributed by atoms with E-state index in [4.69, 9.17) is 23.1 Å². The van der Waals surface area contributed by atoms with Gasteiger partial charge in [0.1, 0.15) is 5.82 Å². The van der Waals surface area contributed by atoms with Crippen LogP contribution in [-0.2, 0) is 0 Å². The zero-order valence-electron chi connectivity index (χ0n) is 6.21. The average molecular weight is 183 g/mol. The van der Waals surface area contributed by atoms with Gasteiger partial charge in [-0.15, -0.1) is 0 Å². The highest BCUT2D eigenvalue weighted by Crippen LogP contribution is 2.07. The highest BCUT2D eigenvalue weighted by atomic mass is 35.5. The Hall–Kier alpha value is -1.31. The molecule has 0 aromatic carbocycles. The first-order chi connectivity index (χ1) is 5.74. The molecule has 0 aliphatic rings. The summed E-state index contributed by atoms with van der Waals surface area (Å²) in [7, 11) is 0. The number of anilines is 1. The van der Waals surface area contributed by atoms with Gasteiger partial charge in [-0.2, -0.15) is 4.98 Å². The van der Waals surface area contributed by atoms with Crippen LogP contribution in [0, 0.1) is 11.8 Å². The number of aromatic nitrogens is 2. The minimum Gasteiger partial charge on any atom is -0.383 e. The number of nitrogens with zero attached hydrogens (tertiary/aromatic N) is 2. The first-order valence-corrected chi connectivity index (χ1v) is 3.59. The molecule has 0 fully saturated rings. The van der Waals surface area contributed by atoms with E-state index in [1.807, 2.05) is 0 Å². The van der Waals surface area contributed by atoms with Gasteiger partial charge in [0.2, 0.25) is 5.28 Å². The quantitative estimate of drug-likeness (QED) is 0.438. The molecule has 0 unspecified atom stereocenters. The van der Waals surface area contributed by atoms with Crippen LogP contribution < -0.4 is 11.5 Å². The summed E-state index contributed by atoms with van der Waals surface area (Å²) in [5, 5.41) is 0.116. The average Bonchev–Trinajstić information content (AvgIpc) is 2.03. The number of nitrogen functional groups attached to an aromatic ring is 1. The van der Waals surface area contributed by atoms with E-state index in [1.54, 1.807) is 0 Å². The van der Waals surface area contributed by atoms with E-state index >= 15 is 0 Å². The highest BCUT2D eigenvalue weighted by molar-refractivity contribution is 6.28. The van der Waals surface area contributed by atoms with Crippen molar-refractivity contribution in [2.75, 3.05) is 12.3 Å². The molecule has 1 heterocycles. The van der Waals surface area contributed by atoms with Crippen LogP contribution in [0.1, 0.15) is 5.56 Å². The number of hydrogen-bond donors (Lipinski definition) is 2. The Labute approximate surface area is 74.9 Å². The predicted molar refractivity (Wildman–Crippen MR) is 47.4 cm³/mol. The molecule has 4 N–H and O–H groups in total. The summed E-state index contributed by atoms with van der Waals surface area (Å²) < 4.78 is 0. The monoisotopic (exact) mass is 182 g/mol. The maximum atomic E-state index is 5.48. The van der Waals surface area contributed by atoms with Crippen molar-refractivity contribution in [2.45, 2.75) is 0 Å². The normalized spacial score (nSPS) is 8.83. The fourth-order valence-corrected chi connectivity index (χ4v) is 0.755. The Kier molecular flexibility index (Phi) is 2.86. The molecule has 62 valence electrons. The molecule has 1 aromatic rings. The first-order valence-electron chi connectivity index (χ1n) is 3.21. The second kappa shape index (κ2) is 3.90. The molecule has 0 atom stereocenters. The van der Waals surface area contributed by atoms with Crippen LogP contribution in [0.25, 0.3) is 0 Å². The van der Waals surface area contributed by atoms with E-state index in [0.29, 0.717) is 5.56 Å². The van der Waals surface area contributed by atoms with E-state index in [9.17, 15) is 0 Å². The lowest BCUT2D eigenvalue weighted by Crippen LogP contribution is -1.98. The van der Waals surface area contributed by atoms with Gasteiger partial charge in [0, 0.05) is 6.20 Å². The lowest BCUT2D eigenvalue weighted by Gasteiger charge is -1.95. The van der Waals surface area contributed by atoms with Gasteiger partial charge in [0.05, 0.1) is 12.1 Å². The molecule has 0 spiro atoms. The van der Waals surface area contributed by atoms with Crippen molar-refractivity contribution < 1.29 is 0 Å². The summed E-state index contributed by atoms with van der Waals surface area (Å²) >= 11 is 5.48. The van der Waals surface area contributed by atoms with E-state index in [-0.39, 0.29) is 17.6 Å². The summed E-state index contributed by atoms with van der Waals surface area (Å²) in [5.74, 6) is 5.63. The number of nitrogens with two attached hydrogens (primary N) is 2. The third-order valence-electron chi connectivity index (χ3n) is 1.11. The van der Waals surface area contributed by atoms with E-state index in [0.717, 1.165) is 0 Å². The largest absolute Gasteiger partial charge is 0.383 e. The fraction of sp³-hybridized carbons (Fsp3) is 0.143. The molecular formula is C7H7ClN4. The van der Waals surface area contributed by atoms with Crippen molar-refractivity contribution in [2.24, 2.45) is 5.73 Å². The van der Waals surface area contributed by atoms with Crippen LogP contribution >= 0.6 is 11.6 Å². The molecule has 0 bridgehead atoms. The van der Waals surface area contributed by atoms with Gasteiger partial charge in [-0.05, 0) is 11.6 Å². The van der Waals surface area contributed by atoms with E-state index in [1.165, 1.54) is 6.20 Å². The van der Waals surface area contributed by atoms with Crippen molar-refractivity contribution in [1.82, 2.24) is 9.97 Å². The van der Waals surface area contributed by atoms with Crippen LogP contribution in [0.4, 0.5) is 5.82 Å². The summed E-state index contributed by atoms with van der Waals surface area (Å²) in [4.78, 5) is 7.44. The highest BCUT2D eigenvalue weighted by Gasteiger charge is 1.97. The maximum Gasteiger partial charge on any atom is 0.224 e. The predicted octanol–water partition coefficient (Wildman–Crippen LogP) is 0.0224. The summed E-state index contributed by atoms with van der Waals surface area (Å²) in [6.45, 7) is 0.280. The smallest absolute Gasteiger partial charge is 0.224 e. The molecule has 1 aromatic heterocycles. The zero-order valence-corrected chi connectivity index (χ0v) is 6.97. The van der Waals surface area contributed by atoms with Gasteiger partial charge in [-0.3, -0.25) is 0 Å². The fourth-order valence-electron chi connectivity index (χ4n) is 0.615. The molecule has 5 heteroatoms. The van der Waals surface area contributed by atoms with Crippen molar-refractivity contribution >= 4 is 17.4 Å². The van der Waals surface area contributed by atoms with Gasteiger partial charge < -0.3 is 11.5 Å². The summed E-state index contributed by atoms with van der Waals surface area (Å²) in [5.41, 5.74) is 11.2. The first kappa shape index (κ1) is 8.78. The Bertz CT molecular complexity index is 339. The molecule has 0 amide bonds. The van der Waals surface area contributed by atoms with Gasteiger partial charge in [0.25, 0.3) is 0 Å². The van der Waals surface area contributed by atoms with Crippen LogP contribution in [0.2, 0.25) is 5.28 Å². The van der Waals surface area contributed by atoms with Crippen molar-refractivity contribution in [1.29, 1.82) is 0 Å². The molecule has 12 heavy (non-hydrogen) atoms. The number of hydrogen-bond acceptors (Lipinski definition) is 4. The van der Waals surface area contributed by atoms with Crippen LogP contribution in [-0.4, -0.2) is 16.5 Å². The third-order valence-corrected chi connectivity index (χ3v) is 1.30. The maximum absolute atomic E-state index is 5.48. The Morgan fingerprint density at radius 1 is 1.58 bits per heavy atom. The number of halogens is 1. The van der Waals surface area contributed by atoms with Crippen molar-refractivity contribution in [3.63, 3.8) is 0 Å². The molecule has 4 nitrogen and oxygen atoms in total. The molecule has 0 aliphatic carbocycles. The minimum atomic E-state index is 0.116. The number of rotatable bonds is 0. The Balaban J connectivity index is 3.01. The van der Waals surface area contributed by atoms with Gasteiger partial charge in [-0.1, -0.05) is 11.8 Å². The standard InChI is InChI=1S/C7H7ClN4/c8-7-11-4-5(2-1-3-9)6(10)12-7/h4H,3,9H2,(H2,10,11,12). The van der Waals surface area contributed by atoms with Gasteiger partial charge >= 0.3 is 0 Å². The molecule has 0 saturated heterocycles. The molecular weight excluding hydrogens is 176 g/mol. The lowest BCUT2D eigenvalue weighted by atomic mass is 10.3. The topological polar surface area (TPSA) is 77.8 Å². The van der Waals surface area contributed by atoms with E-state index < -0.39 is 0 Å². The minimum absolute atomic E-state index is 0.116. The lowest BCUT2D eigenvalue weighted by molar-refractivity contribution is 1.16. The Morgan fingerprint density at radius 2 is 2.33 bits per heavy atom. The zero-order chi connectivity index (χ0) is 8.97. The molecule has 0 radical (unpaired) electrons. The molecule has 1 rings (SSSR count). The molecule has 0 aliphatic heterocycles. The van der Waals surface area contributed by atoms with Crippen LogP contribution in [0.15, 0.2) is 6.20 Å².